The Morgan fingerprint density at radius 2 is 1.85 bits per heavy atom. The monoisotopic (exact) mass is 469 g/mol. The standard InChI is InChI=1S/C19H26ClN3O3.C5H7O.Li/c1-6-22(7-2)17(24)15-9-8-13(10-16(15)20)21-14-11-23(12-14)18(25)26-19(3,4)5;6-4-5-2-1-3-5;/h8-10,14,21H,1-2,6-7,11-12H2,3-5H3;5H,1-3H2;/q-2;-1;+1. The summed E-state index contributed by atoms with van der Waals surface area (Å²) >= 11 is 6.27. The Morgan fingerprint density at radius 3 is 2.24 bits per heavy atom. The Kier molecular flexibility index (Phi) is 11.8. The minimum atomic E-state index is -0.499. The van der Waals surface area contributed by atoms with E-state index in [0.29, 0.717) is 42.7 Å². The molecule has 178 valence electrons. The molecular formula is C24H33ClLiN3O4-2. The molecule has 1 aromatic carbocycles. The molecule has 2 amide bonds. The van der Waals surface area contributed by atoms with Crippen LogP contribution in [0.5, 0.6) is 0 Å². The second-order valence-electron chi connectivity index (χ2n) is 8.96. The minimum Gasteiger partial charge on any atom is -0.542 e. The summed E-state index contributed by atoms with van der Waals surface area (Å²) in [5.41, 5.74) is 0.728. The first-order chi connectivity index (χ1) is 15.1. The van der Waals surface area contributed by atoms with Gasteiger partial charge < -0.3 is 38.5 Å². The number of carbonyl (C=O) groups excluding carboxylic acids is 3. The van der Waals surface area contributed by atoms with E-state index in [-0.39, 0.29) is 36.9 Å². The Morgan fingerprint density at radius 1 is 1.24 bits per heavy atom. The maximum Gasteiger partial charge on any atom is 1.00 e. The molecule has 1 saturated carbocycles. The quantitative estimate of drug-likeness (QED) is 0.503. The molecule has 0 radical (unpaired) electrons. The van der Waals surface area contributed by atoms with E-state index in [1.54, 1.807) is 23.1 Å². The molecule has 1 aromatic rings. The SMILES string of the molecule is O=[C-]C1CCC1.[CH2-]CN(C[CH2-])C(=O)c1ccc(NC2CN(C(=O)OC(C)(C)C)C2)cc1Cl.[Li+]. The molecule has 0 bridgehead atoms. The summed E-state index contributed by atoms with van der Waals surface area (Å²) < 4.78 is 5.33. The van der Waals surface area contributed by atoms with Gasteiger partial charge in [0.2, 0.25) is 0 Å². The predicted octanol–water partition coefficient (Wildman–Crippen LogP) is 1.38. The van der Waals surface area contributed by atoms with Gasteiger partial charge in [-0.15, -0.1) is 19.0 Å². The third-order valence-electron chi connectivity index (χ3n) is 5.20. The third-order valence-corrected chi connectivity index (χ3v) is 5.52. The van der Waals surface area contributed by atoms with Crippen molar-refractivity contribution in [2.75, 3.05) is 31.5 Å². The van der Waals surface area contributed by atoms with Crippen LogP contribution in [0.25, 0.3) is 0 Å². The predicted molar refractivity (Wildman–Crippen MR) is 126 cm³/mol. The van der Waals surface area contributed by atoms with Crippen molar-refractivity contribution in [2.24, 2.45) is 5.92 Å². The van der Waals surface area contributed by atoms with E-state index in [2.05, 4.69) is 19.2 Å². The van der Waals surface area contributed by atoms with Crippen molar-refractivity contribution in [3.05, 3.63) is 42.6 Å². The molecule has 2 fully saturated rings. The topological polar surface area (TPSA) is 79.0 Å². The van der Waals surface area contributed by atoms with E-state index in [0.717, 1.165) is 18.5 Å². The second-order valence-corrected chi connectivity index (χ2v) is 9.37. The number of likely N-dealkylation sites (tertiary alicyclic amines) is 1. The number of hydrogen-bond acceptors (Lipinski definition) is 5. The fourth-order valence-electron chi connectivity index (χ4n) is 3.07. The summed E-state index contributed by atoms with van der Waals surface area (Å²) in [6.07, 6.45) is 5.05. The van der Waals surface area contributed by atoms with Gasteiger partial charge in [0.25, 0.3) is 5.91 Å². The van der Waals surface area contributed by atoms with Crippen molar-refractivity contribution < 1.29 is 38.0 Å². The molecule has 0 atom stereocenters. The largest absolute Gasteiger partial charge is 1.00 e. The number of carbonyl (C=O) groups is 2. The molecule has 33 heavy (non-hydrogen) atoms. The normalized spacial score (nSPS) is 15.6. The fourth-order valence-corrected chi connectivity index (χ4v) is 3.33. The van der Waals surface area contributed by atoms with Crippen LogP contribution >= 0.6 is 11.6 Å². The zero-order valence-electron chi connectivity index (χ0n) is 20.2. The van der Waals surface area contributed by atoms with E-state index < -0.39 is 5.60 Å². The van der Waals surface area contributed by atoms with Crippen molar-refractivity contribution >= 4 is 35.6 Å². The summed E-state index contributed by atoms with van der Waals surface area (Å²) in [4.78, 5) is 37.1. The maximum absolute atomic E-state index is 12.3. The molecule has 2 aliphatic rings. The Balaban J connectivity index is 0.000000673. The number of anilines is 1. The average Bonchev–Trinajstić information content (AvgIpc) is 2.63. The molecular weight excluding hydrogens is 437 g/mol. The smallest absolute Gasteiger partial charge is 0.542 e. The second kappa shape index (κ2) is 13.3. The van der Waals surface area contributed by atoms with E-state index in [1.807, 2.05) is 27.1 Å². The van der Waals surface area contributed by atoms with Gasteiger partial charge in [-0.1, -0.05) is 30.9 Å². The van der Waals surface area contributed by atoms with Crippen LogP contribution < -0.4 is 24.2 Å². The third kappa shape index (κ3) is 8.88. The van der Waals surface area contributed by atoms with Crippen LogP contribution in [-0.4, -0.2) is 65.9 Å². The Labute approximate surface area is 214 Å². The van der Waals surface area contributed by atoms with Crippen LogP contribution in [0.3, 0.4) is 0 Å². The summed E-state index contributed by atoms with van der Waals surface area (Å²) in [7, 11) is 0. The van der Waals surface area contributed by atoms with Crippen molar-refractivity contribution in [3.63, 3.8) is 0 Å². The number of nitrogens with one attached hydrogen (secondary N) is 1. The van der Waals surface area contributed by atoms with Gasteiger partial charge in [-0.05, 0) is 39.0 Å². The van der Waals surface area contributed by atoms with Gasteiger partial charge in [0.15, 0.2) is 0 Å². The molecule has 1 saturated heterocycles. The first-order valence-electron chi connectivity index (χ1n) is 10.9. The number of rotatable bonds is 6. The Hall–Kier alpha value is -1.68. The van der Waals surface area contributed by atoms with Crippen molar-refractivity contribution in [3.8, 4) is 0 Å². The molecule has 3 rings (SSSR count). The number of halogens is 1. The molecule has 0 aromatic heterocycles. The number of ether oxygens (including phenoxy) is 1. The number of amides is 2. The van der Waals surface area contributed by atoms with E-state index >= 15 is 0 Å². The van der Waals surface area contributed by atoms with Crippen molar-refractivity contribution in [1.82, 2.24) is 9.80 Å². The molecule has 0 spiro atoms. The van der Waals surface area contributed by atoms with Crippen LogP contribution in [0.2, 0.25) is 5.02 Å². The van der Waals surface area contributed by atoms with Gasteiger partial charge in [-0.25, -0.2) is 4.79 Å². The fraction of sp³-hybridized carbons (Fsp3) is 0.542. The number of hydrogen-bond donors (Lipinski definition) is 1. The zero-order valence-corrected chi connectivity index (χ0v) is 20.9. The number of benzene rings is 1. The molecule has 0 unspecified atom stereocenters. The van der Waals surface area contributed by atoms with Crippen LogP contribution in [0.1, 0.15) is 50.4 Å². The first kappa shape index (κ1) is 29.3. The molecule has 1 aliphatic carbocycles. The van der Waals surface area contributed by atoms with Gasteiger partial charge in [0.1, 0.15) is 5.60 Å². The minimum absolute atomic E-state index is 0. The van der Waals surface area contributed by atoms with Crippen molar-refractivity contribution in [1.29, 1.82) is 0 Å². The molecule has 7 nitrogen and oxygen atoms in total. The van der Waals surface area contributed by atoms with Gasteiger partial charge in [0.05, 0.1) is 16.6 Å². The number of nitrogens with zero attached hydrogens (tertiary/aromatic N) is 2. The van der Waals surface area contributed by atoms with Gasteiger partial charge >= 0.3 is 25.0 Å². The van der Waals surface area contributed by atoms with E-state index in [4.69, 9.17) is 16.3 Å². The van der Waals surface area contributed by atoms with Crippen LogP contribution in [0.15, 0.2) is 18.2 Å². The van der Waals surface area contributed by atoms with Gasteiger partial charge in [-0.2, -0.15) is 0 Å². The maximum atomic E-state index is 12.3. The first-order valence-corrected chi connectivity index (χ1v) is 11.2. The van der Waals surface area contributed by atoms with Crippen LogP contribution in [0, 0.1) is 19.8 Å². The van der Waals surface area contributed by atoms with E-state index in [1.165, 1.54) is 11.3 Å². The summed E-state index contributed by atoms with van der Waals surface area (Å²) in [6, 6.07) is 5.33. The molecule has 1 heterocycles. The summed E-state index contributed by atoms with van der Waals surface area (Å²) in [5.74, 6) is 0.122. The summed E-state index contributed by atoms with van der Waals surface area (Å²) in [6.45, 7) is 14.8. The van der Waals surface area contributed by atoms with Crippen LogP contribution in [-0.2, 0) is 9.53 Å². The summed E-state index contributed by atoms with van der Waals surface area (Å²) in [5, 5.41) is 3.68. The van der Waals surface area contributed by atoms with Crippen molar-refractivity contribution in [2.45, 2.75) is 51.7 Å². The van der Waals surface area contributed by atoms with Crippen LogP contribution in [0.4, 0.5) is 10.5 Å². The van der Waals surface area contributed by atoms with Gasteiger partial charge in [0, 0.05) is 18.8 Å². The molecule has 9 heteroatoms. The average molecular weight is 470 g/mol. The Bertz CT molecular complexity index is 801. The van der Waals surface area contributed by atoms with E-state index in [9.17, 15) is 14.4 Å². The zero-order chi connectivity index (χ0) is 23.9. The molecule has 1 aliphatic heterocycles. The molecule has 1 N–H and O–H groups in total. The van der Waals surface area contributed by atoms with Gasteiger partial charge in [-0.3, -0.25) is 11.1 Å².